The molecule has 1 aliphatic heterocycles. The maximum atomic E-state index is 13.6. The van der Waals surface area contributed by atoms with Crippen LogP contribution in [-0.2, 0) is 9.59 Å². The highest BCUT2D eigenvalue weighted by Crippen LogP contribution is 2.45. The molecule has 0 spiro atoms. The van der Waals surface area contributed by atoms with Crippen molar-refractivity contribution in [3.05, 3.63) is 76.7 Å². The maximum Gasteiger partial charge on any atom is 0.297 e. The fraction of sp³-hybridized carbons (Fsp3) is 0.154. The minimum absolute atomic E-state index is 0.0615. The quantitative estimate of drug-likeness (QED) is 0.169. The molecule has 6 rings (SSSR count). The molecule has 2 atom stereocenters. The van der Waals surface area contributed by atoms with Gasteiger partial charge in [-0.25, -0.2) is 4.98 Å². The third kappa shape index (κ3) is 3.55. The highest BCUT2D eigenvalue weighted by molar-refractivity contribution is 7.22. The van der Waals surface area contributed by atoms with E-state index in [1.165, 1.54) is 27.6 Å². The smallest absolute Gasteiger partial charge is 0.297 e. The van der Waals surface area contributed by atoms with Crippen molar-refractivity contribution in [3.63, 3.8) is 0 Å². The van der Waals surface area contributed by atoms with Crippen LogP contribution in [0.5, 0.6) is 5.75 Å². The molecule has 1 aliphatic rings. The molecule has 0 radical (unpaired) electrons. The summed E-state index contributed by atoms with van der Waals surface area (Å²) in [5.74, 6) is -2.49. The van der Waals surface area contributed by atoms with Crippen molar-refractivity contribution in [2.75, 3.05) is 11.5 Å². The molecular weight excluding hydrogens is 484 g/mol. The number of fused-ring (bicyclic) bond motifs is 2. The Bertz CT molecular complexity index is 1570. The van der Waals surface area contributed by atoms with Gasteiger partial charge in [-0.15, -0.1) is 11.3 Å². The van der Waals surface area contributed by atoms with Gasteiger partial charge in [-0.05, 0) is 48.7 Å². The van der Waals surface area contributed by atoms with E-state index in [4.69, 9.17) is 9.15 Å². The molecule has 2 aromatic carbocycles. The fourth-order valence-corrected chi connectivity index (χ4v) is 6.28. The number of hydrogen-bond acceptors (Lipinski definition) is 8. The molecular formula is C26H18N2O5S2. The number of anilines is 1. The third-order valence-corrected chi connectivity index (χ3v) is 7.92. The summed E-state index contributed by atoms with van der Waals surface area (Å²) in [6.45, 7) is 2.43. The number of nitrogens with zero attached hydrogens (tertiary/aromatic N) is 2. The first-order valence-electron chi connectivity index (χ1n) is 11.0. The van der Waals surface area contributed by atoms with Crippen LogP contribution in [0.2, 0.25) is 0 Å². The number of thiophene rings is 1. The van der Waals surface area contributed by atoms with E-state index in [2.05, 4.69) is 4.98 Å². The van der Waals surface area contributed by atoms with E-state index < -0.39 is 29.4 Å². The number of thiazole rings is 1. The number of Topliss-reactive ketones (excluding diaryl/α,β-unsaturated/α-hetero) is 2. The molecule has 9 heteroatoms. The first kappa shape index (κ1) is 21.7. The fourth-order valence-electron chi connectivity index (χ4n) is 4.40. The zero-order valence-electron chi connectivity index (χ0n) is 18.5. The number of hydrogen-bond donors (Lipinski definition) is 0. The lowest BCUT2D eigenvalue weighted by Crippen LogP contribution is -2.29. The van der Waals surface area contributed by atoms with Gasteiger partial charge in [0.15, 0.2) is 10.9 Å². The van der Waals surface area contributed by atoms with Crippen LogP contribution in [0.15, 0.2) is 70.5 Å². The maximum absolute atomic E-state index is 13.6. The Hall–Kier alpha value is -3.82. The highest BCUT2D eigenvalue weighted by atomic mass is 32.1. The Kier molecular flexibility index (Phi) is 5.23. The van der Waals surface area contributed by atoms with Crippen molar-refractivity contribution >= 4 is 66.5 Å². The van der Waals surface area contributed by atoms with Gasteiger partial charge >= 0.3 is 0 Å². The van der Waals surface area contributed by atoms with E-state index in [1.54, 1.807) is 12.1 Å². The second-order valence-electron chi connectivity index (χ2n) is 8.05. The standard InChI is InChI=1S/C26H18N2O5S2/c1-2-32-15-9-10-16-20(13-15)35-26(27-16)28-22(19-8-5-11-34-19)21(24(30)25(28)31)23(29)18-12-14-6-3-4-7-17(14)33-18/h3-13,21-22H,2H2,1H3. The number of benzene rings is 2. The summed E-state index contributed by atoms with van der Waals surface area (Å²) in [6.07, 6.45) is 0. The van der Waals surface area contributed by atoms with Crippen LogP contribution >= 0.6 is 22.7 Å². The minimum atomic E-state index is -1.23. The zero-order chi connectivity index (χ0) is 24.1. The Labute approximate surface area is 207 Å². The lowest BCUT2D eigenvalue weighted by molar-refractivity contribution is -0.135. The van der Waals surface area contributed by atoms with E-state index >= 15 is 0 Å². The van der Waals surface area contributed by atoms with Gasteiger partial charge in [0, 0.05) is 10.3 Å². The summed E-state index contributed by atoms with van der Waals surface area (Å²) in [5.41, 5.74) is 1.24. The number of carbonyl (C=O) groups is 3. The lowest BCUT2D eigenvalue weighted by atomic mass is 9.92. The molecule has 1 amide bonds. The Balaban J connectivity index is 1.45. The summed E-state index contributed by atoms with van der Waals surface area (Å²) in [4.78, 5) is 46.9. The van der Waals surface area contributed by atoms with Gasteiger partial charge in [-0.3, -0.25) is 19.3 Å². The molecule has 0 bridgehead atoms. The predicted molar refractivity (Wildman–Crippen MR) is 134 cm³/mol. The minimum Gasteiger partial charge on any atom is -0.494 e. The van der Waals surface area contributed by atoms with Crippen molar-refractivity contribution in [2.45, 2.75) is 13.0 Å². The van der Waals surface area contributed by atoms with Crippen molar-refractivity contribution in [1.29, 1.82) is 0 Å². The SMILES string of the molecule is CCOc1ccc2nc(N3C(=O)C(=O)C(C(=O)c4cc5ccccc5o4)C3c3cccs3)sc2c1. The van der Waals surface area contributed by atoms with E-state index in [9.17, 15) is 14.4 Å². The second-order valence-corrected chi connectivity index (χ2v) is 10.0. The summed E-state index contributed by atoms with van der Waals surface area (Å²) in [7, 11) is 0. The van der Waals surface area contributed by atoms with E-state index in [1.807, 2.05) is 60.8 Å². The van der Waals surface area contributed by atoms with Gasteiger partial charge in [0.2, 0.25) is 11.6 Å². The molecule has 0 saturated carbocycles. The van der Waals surface area contributed by atoms with Gasteiger partial charge in [0.05, 0.1) is 22.9 Å². The molecule has 5 aromatic rings. The van der Waals surface area contributed by atoms with Crippen LogP contribution in [0.25, 0.3) is 21.2 Å². The van der Waals surface area contributed by atoms with Crippen LogP contribution < -0.4 is 9.64 Å². The molecule has 174 valence electrons. The van der Waals surface area contributed by atoms with E-state index in [0.29, 0.717) is 28.6 Å². The van der Waals surface area contributed by atoms with Gasteiger partial charge in [0.1, 0.15) is 17.3 Å². The predicted octanol–water partition coefficient (Wildman–Crippen LogP) is 5.66. The molecule has 0 N–H and O–H groups in total. The van der Waals surface area contributed by atoms with Gasteiger partial charge in [-0.1, -0.05) is 35.6 Å². The van der Waals surface area contributed by atoms with Gasteiger partial charge in [-0.2, -0.15) is 0 Å². The third-order valence-electron chi connectivity index (χ3n) is 5.96. The molecule has 7 nitrogen and oxygen atoms in total. The normalized spacial score (nSPS) is 18.1. The topological polar surface area (TPSA) is 89.7 Å². The van der Waals surface area contributed by atoms with Crippen LogP contribution in [0.4, 0.5) is 5.13 Å². The number of carbonyl (C=O) groups excluding carboxylic acids is 3. The monoisotopic (exact) mass is 502 g/mol. The molecule has 1 saturated heterocycles. The molecule has 3 aromatic heterocycles. The number of furan rings is 1. The molecule has 1 fully saturated rings. The van der Waals surface area contributed by atoms with Crippen molar-refractivity contribution in [3.8, 4) is 5.75 Å². The Morgan fingerprint density at radius 2 is 1.97 bits per heavy atom. The summed E-state index contributed by atoms with van der Waals surface area (Å²) >= 11 is 2.67. The number of para-hydroxylation sites is 1. The summed E-state index contributed by atoms with van der Waals surface area (Å²) in [6, 6.07) is 17.2. The molecule has 2 unspecified atom stereocenters. The van der Waals surface area contributed by atoms with Crippen molar-refractivity contribution in [1.82, 2.24) is 4.98 Å². The lowest BCUT2D eigenvalue weighted by Gasteiger charge is -2.23. The summed E-state index contributed by atoms with van der Waals surface area (Å²) in [5, 5.41) is 2.98. The first-order chi connectivity index (χ1) is 17.0. The van der Waals surface area contributed by atoms with Crippen LogP contribution in [-0.4, -0.2) is 29.1 Å². The zero-order valence-corrected chi connectivity index (χ0v) is 20.1. The van der Waals surface area contributed by atoms with Gasteiger partial charge < -0.3 is 9.15 Å². The second kappa shape index (κ2) is 8.44. The van der Waals surface area contributed by atoms with Crippen LogP contribution in [0.1, 0.15) is 28.4 Å². The van der Waals surface area contributed by atoms with Crippen LogP contribution in [0, 0.1) is 5.92 Å². The Morgan fingerprint density at radius 1 is 1.11 bits per heavy atom. The largest absolute Gasteiger partial charge is 0.494 e. The molecule has 0 aliphatic carbocycles. The van der Waals surface area contributed by atoms with Crippen molar-refractivity contribution < 1.29 is 23.5 Å². The van der Waals surface area contributed by atoms with E-state index in [-0.39, 0.29) is 5.76 Å². The van der Waals surface area contributed by atoms with E-state index in [0.717, 1.165) is 15.0 Å². The van der Waals surface area contributed by atoms with Crippen LogP contribution in [0.3, 0.4) is 0 Å². The average Bonchev–Trinajstić information content (AvgIpc) is 3.64. The molecule has 4 heterocycles. The number of ketones is 2. The Morgan fingerprint density at radius 3 is 2.74 bits per heavy atom. The number of ether oxygens (including phenoxy) is 1. The number of rotatable bonds is 6. The number of aromatic nitrogens is 1. The highest BCUT2D eigenvalue weighted by Gasteiger charge is 2.54. The van der Waals surface area contributed by atoms with Crippen molar-refractivity contribution in [2.24, 2.45) is 5.92 Å². The summed E-state index contributed by atoms with van der Waals surface area (Å²) < 4.78 is 12.2. The average molecular weight is 503 g/mol. The van der Waals surface area contributed by atoms with Gasteiger partial charge in [0.25, 0.3) is 5.91 Å². The first-order valence-corrected chi connectivity index (χ1v) is 12.7. The number of amides is 1. The molecule has 35 heavy (non-hydrogen) atoms.